The molecule has 0 heterocycles. The number of hydrogen-bond acceptors (Lipinski definition) is 2. The van der Waals surface area contributed by atoms with Crippen molar-refractivity contribution >= 4 is 0 Å². The van der Waals surface area contributed by atoms with Gasteiger partial charge in [-0.15, -0.1) is 0 Å². The molecule has 0 spiro atoms. The monoisotopic (exact) mass is 184 g/mol. The Labute approximate surface area is 80.6 Å². The van der Waals surface area contributed by atoms with E-state index in [1.807, 2.05) is 13.0 Å². The second kappa shape index (κ2) is 3.81. The molecule has 1 N–H and O–H groups in total. The summed E-state index contributed by atoms with van der Waals surface area (Å²) in [6.07, 6.45) is 5.81. The fourth-order valence-electron chi connectivity index (χ4n) is 1.49. The summed E-state index contributed by atoms with van der Waals surface area (Å²) in [4.78, 5) is 0. The molecule has 2 heteroatoms. The third-order valence-electron chi connectivity index (χ3n) is 2.60. The van der Waals surface area contributed by atoms with Crippen LogP contribution in [0.2, 0.25) is 0 Å². The van der Waals surface area contributed by atoms with E-state index >= 15 is 0 Å². The average molecular weight is 184 g/mol. The molecule has 1 unspecified atom stereocenters. The van der Waals surface area contributed by atoms with Gasteiger partial charge in [0.1, 0.15) is 5.60 Å². The summed E-state index contributed by atoms with van der Waals surface area (Å²) in [6.45, 7) is 7.41. The number of rotatable bonds is 3. The molecular formula is C11H20O2. The minimum Gasteiger partial charge on any atom is -0.383 e. The third-order valence-corrected chi connectivity index (χ3v) is 2.60. The summed E-state index contributed by atoms with van der Waals surface area (Å²) >= 11 is 0. The van der Waals surface area contributed by atoms with E-state index in [9.17, 15) is 5.11 Å². The summed E-state index contributed by atoms with van der Waals surface area (Å²) in [6, 6.07) is 0. The molecule has 1 aliphatic rings. The second-order valence-electron chi connectivity index (χ2n) is 4.56. The lowest BCUT2D eigenvalue weighted by Gasteiger charge is -2.34. The second-order valence-corrected chi connectivity index (χ2v) is 4.56. The quantitative estimate of drug-likeness (QED) is 0.681. The van der Waals surface area contributed by atoms with Crippen LogP contribution in [0.25, 0.3) is 0 Å². The minimum absolute atomic E-state index is 0.235. The lowest BCUT2D eigenvalue weighted by atomic mass is 9.77. The van der Waals surface area contributed by atoms with Crippen LogP contribution in [0.4, 0.5) is 0 Å². The Kier molecular flexibility index (Phi) is 3.14. The number of aliphatic hydroxyl groups is 1. The normalized spacial score (nSPS) is 32.0. The zero-order chi connectivity index (χ0) is 9.95. The molecule has 0 radical (unpaired) electrons. The average Bonchev–Trinajstić information content (AvgIpc) is 2.08. The largest absolute Gasteiger partial charge is 0.383 e. The fourth-order valence-corrected chi connectivity index (χ4v) is 1.49. The Morgan fingerprint density at radius 2 is 2.00 bits per heavy atom. The van der Waals surface area contributed by atoms with Crippen LogP contribution < -0.4 is 0 Å². The van der Waals surface area contributed by atoms with Crippen molar-refractivity contribution in [2.75, 3.05) is 13.2 Å². The molecule has 0 aromatic rings. The maximum Gasteiger partial charge on any atom is 0.106 e. The Bertz CT molecular complexity index is 196. The maximum atomic E-state index is 10.0. The Hall–Kier alpha value is -0.340. The van der Waals surface area contributed by atoms with Crippen molar-refractivity contribution in [1.82, 2.24) is 0 Å². The predicted octanol–water partition coefficient (Wildman–Crippen LogP) is 2.13. The molecule has 1 rings (SSSR count). The van der Waals surface area contributed by atoms with E-state index in [0.717, 1.165) is 12.8 Å². The van der Waals surface area contributed by atoms with Crippen LogP contribution in [0.3, 0.4) is 0 Å². The Morgan fingerprint density at radius 1 is 1.31 bits per heavy atom. The van der Waals surface area contributed by atoms with Gasteiger partial charge in [0.15, 0.2) is 0 Å². The minimum atomic E-state index is -0.717. The molecule has 13 heavy (non-hydrogen) atoms. The third kappa shape index (κ3) is 3.12. The Morgan fingerprint density at radius 3 is 2.46 bits per heavy atom. The molecular weight excluding hydrogens is 164 g/mol. The van der Waals surface area contributed by atoms with E-state index in [1.54, 1.807) is 0 Å². The van der Waals surface area contributed by atoms with E-state index in [-0.39, 0.29) is 5.41 Å². The van der Waals surface area contributed by atoms with E-state index in [1.165, 1.54) is 0 Å². The smallest absolute Gasteiger partial charge is 0.106 e. The lowest BCUT2D eigenvalue weighted by molar-refractivity contribution is -0.0249. The van der Waals surface area contributed by atoms with Crippen LogP contribution in [-0.4, -0.2) is 23.9 Å². The van der Waals surface area contributed by atoms with Gasteiger partial charge in [-0.25, -0.2) is 0 Å². The first kappa shape index (κ1) is 10.7. The van der Waals surface area contributed by atoms with Gasteiger partial charge in [-0.1, -0.05) is 26.0 Å². The van der Waals surface area contributed by atoms with Gasteiger partial charge in [0.2, 0.25) is 0 Å². The first-order valence-electron chi connectivity index (χ1n) is 4.98. The van der Waals surface area contributed by atoms with E-state index < -0.39 is 5.60 Å². The fraction of sp³-hybridized carbons (Fsp3) is 0.818. The van der Waals surface area contributed by atoms with E-state index in [2.05, 4.69) is 19.9 Å². The zero-order valence-electron chi connectivity index (χ0n) is 8.84. The molecule has 1 aliphatic carbocycles. The topological polar surface area (TPSA) is 29.5 Å². The Balaban J connectivity index is 2.54. The van der Waals surface area contributed by atoms with Crippen molar-refractivity contribution in [1.29, 1.82) is 0 Å². The number of hydrogen-bond donors (Lipinski definition) is 1. The molecule has 1 atom stereocenters. The van der Waals surface area contributed by atoms with Crippen LogP contribution in [0.1, 0.15) is 33.6 Å². The van der Waals surface area contributed by atoms with Crippen molar-refractivity contribution < 1.29 is 9.84 Å². The summed E-state index contributed by atoms with van der Waals surface area (Å²) in [5, 5.41) is 10.0. The van der Waals surface area contributed by atoms with Gasteiger partial charge in [-0.2, -0.15) is 0 Å². The SMILES string of the molecule is CCOCC1(O)C=CC(C)(C)CC1. The molecule has 0 fully saturated rings. The van der Waals surface area contributed by atoms with Gasteiger partial charge in [0.25, 0.3) is 0 Å². The summed E-state index contributed by atoms with van der Waals surface area (Å²) in [7, 11) is 0. The van der Waals surface area contributed by atoms with E-state index in [0.29, 0.717) is 13.2 Å². The molecule has 76 valence electrons. The first-order chi connectivity index (χ1) is 5.97. The van der Waals surface area contributed by atoms with Gasteiger partial charge in [0, 0.05) is 6.61 Å². The highest BCUT2D eigenvalue weighted by Crippen LogP contribution is 2.34. The van der Waals surface area contributed by atoms with Gasteiger partial charge >= 0.3 is 0 Å². The van der Waals surface area contributed by atoms with E-state index in [4.69, 9.17) is 4.74 Å². The van der Waals surface area contributed by atoms with Crippen molar-refractivity contribution in [2.45, 2.75) is 39.2 Å². The molecule has 0 aliphatic heterocycles. The van der Waals surface area contributed by atoms with Gasteiger partial charge in [0.05, 0.1) is 6.61 Å². The summed E-state index contributed by atoms with van der Waals surface area (Å²) in [5.41, 5.74) is -0.482. The van der Waals surface area contributed by atoms with Crippen molar-refractivity contribution in [3.8, 4) is 0 Å². The standard InChI is InChI=1S/C11H20O2/c1-4-13-9-11(12)7-5-10(2,3)6-8-11/h5,7,12H,4,6,8-9H2,1-3H3. The lowest BCUT2D eigenvalue weighted by Crippen LogP contribution is -2.36. The molecule has 0 bridgehead atoms. The summed E-state index contributed by atoms with van der Waals surface area (Å²) in [5.74, 6) is 0. The highest BCUT2D eigenvalue weighted by molar-refractivity contribution is 5.11. The first-order valence-corrected chi connectivity index (χ1v) is 4.98. The molecule has 0 aromatic heterocycles. The highest BCUT2D eigenvalue weighted by Gasteiger charge is 2.31. The van der Waals surface area contributed by atoms with Crippen LogP contribution in [0.15, 0.2) is 12.2 Å². The highest BCUT2D eigenvalue weighted by atomic mass is 16.5. The molecule has 0 saturated carbocycles. The van der Waals surface area contributed by atoms with Gasteiger partial charge in [-0.3, -0.25) is 0 Å². The van der Waals surface area contributed by atoms with Gasteiger partial charge in [-0.05, 0) is 25.2 Å². The molecule has 0 amide bonds. The number of ether oxygens (including phenoxy) is 1. The van der Waals surface area contributed by atoms with Crippen LogP contribution in [0, 0.1) is 5.41 Å². The predicted molar refractivity (Wildman–Crippen MR) is 53.6 cm³/mol. The van der Waals surface area contributed by atoms with Crippen molar-refractivity contribution in [2.24, 2.45) is 5.41 Å². The van der Waals surface area contributed by atoms with Crippen LogP contribution >= 0.6 is 0 Å². The van der Waals surface area contributed by atoms with Crippen molar-refractivity contribution in [3.05, 3.63) is 12.2 Å². The molecule has 0 aromatic carbocycles. The zero-order valence-corrected chi connectivity index (χ0v) is 8.84. The molecule has 0 saturated heterocycles. The molecule has 2 nitrogen and oxygen atoms in total. The maximum absolute atomic E-state index is 10.0. The van der Waals surface area contributed by atoms with Crippen LogP contribution in [0.5, 0.6) is 0 Å². The van der Waals surface area contributed by atoms with Gasteiger partial charge < -0.3 is 9.84 Å². The number of allylic oxidation sites excluding steroid dienone is 1. The summed E-state index contributed by atoms with van der Waals surface area (Å²) < 4.78 is 5.24. The van der Waals surface area contributed by atoms with Crippen LogP contribution in [-0.2, 0) is 4.74 Å². The van der Waals surface area contributed by atoms with Crippen molar-refractivity contribution in [3.63, 3.8) is 0 Å².